The fraction of sp³-hybridized carbons (Fsp3) is 0.0625. The van der Waals surface area contributed by atoms with Gasteiger partial charge in [-0.3, -0.25) is 5.43 Å². The average molecular weight is 287 g/mol. The van der Waals surface area contributed by atoms with Crippen molar-refractivity contribution in [2.45, 2.75) is 0 Å². The van der Waals surface area contributed by atoms with Crippen molar-refractivity contribution in [1.82, 2.24) is 0 Å². The number of anilines is 1. The van der Waals surface area contributed by atoms with Gasteiger partial charge in [0.05, 0.1) is 12.8 Å². The summed E-state index contributed by atoms with van der Waals surface area (Å²) in [6, 6.07) is 17.2. The molecule has 2 aromatic rings. The molecule has 3 nitrogen and oxygen atoms in total. The molecule has 0 amide bonds. The monoisotopic (exact) mass is 286 g/mol. The molecule has 0 saturated carbocycles. The molecule has 0 spiro atoms. The predicted molar refractivity (Wildman–Crippen MR) is 85.4 cm³/mol. The first-order valence-electron chi connectivity index (χ1n) is 6.14. The van der Waals surface area contributed by atoms with Crippen LogP contribution >= 0.6 is 11.6 Å². The molecule has 0 aliphatic rings. The second-order valence-electron chi connectivity index (χ2n) is 4.00. The molecule has 0 radical (unpaired) electrons. The Hall–Kier alpha value is -2.26. The van der Waals surface area contributed by atoms with Crippen molar-refractivity contribution in [3.8, 4) is 5.75 Å². The molecule has 0 unspecified atom stereocenters. The van der Waals surface area contributed by atoms with Crippen molar-refractivity contribution in [2.75, 3.05) is 12.5 Å². The van der Waals surface area contributed by atoms with E-state index in [0.29, 0.717) is 5.03 Å². The second kappa shape index (κ2) is 7.36. The van der Waals surface area contributed by atoms with E-state index < -0.39 is 0 Å². The number of hydrazone groups is 1. The van der Waals surface area contributed by atoms with Gasteiger partial charge in [-0.15, -0.1) is 0 Å². The number of rotatable bonds is 5. The van der Waals surface area contributed by atoms with Crippen LogP contribution in [0.2, 0.25) is 0 Å². The number of nitrogens with zero attached hydrogens (tertiary/aromatic N) is 1. The molecule has 20 heavy (non-hydrogen) atoms. The van der Waals surface area contributed by atoms with Crippen molar-refractivity contribution in [1.29, 1.82) is 0 Å². The summed E-state index contributed by atoms with van der Waals surface area (Å²) < 4.78 is 5.08. The zero-order chi connectivity index (χ0) is 14.2. The van der Waals surface area contributed by atoms with Crippen molar-refractivity contribution in [2.24, 2.45) is 5.10 Å². The van der Waals surface area contributed by atoms with Crippen LogP contribution in [0.5, 0.6) is 5.75 Å². The topological polar surface area (TPSA) is 33.6 Å². The molecule has 4 heteroatoms. The van der Waals surface area contributed by atoms with Gasteiger partial charge in [-0.05, 0) is 35.9 Å². The molecular formula is C16H15ClN2O. The van der Waals surface area contributed by atoms with Crippen molar-refractivity contribution >= 4 is 28.5 Å². The van der Waals surface area contributed by atoms with Crippen LogP contribution < -0.4 is 10.2 Å². The lowest BCUT2D eigenvalue weighted by Gasteiger charge is -2.01. The second-order valence-corrected chi connectivity index (χ2v) is 4.41. The van der Waals surface area contributed by atoms with E-state index in [-0.39, 0.29) is 0 Å². The summed E-state index contributed by atoms with van der Waals surface area (Å²) >= 11 is 6.15. The van der Waals surface area contributed by atoms with E-state index in [1.807, 2.05) is 54.6 Å². The van der Waals surface area contributed by atoms with Crippen LogP contribution in [0.15, 0.2) is 65.8 Å². The zero-order valence-corrected chi connectivity index (χ0v) is 11.8. The fourth-order valence-electron chi connectivity index (χ4n) is 1.57. The van der Waals surface area contributed by atoms with Gasteiger partial charge in [0.1, 0.15) is 5.75 Å². The highest BCUT2D eigenvalue weighted by atomic mass is 35.5. The van der Waals surface area contributed by atoms with Crippen LogP contribution in [0.4, 0.5) is 5.69 Å². The highest BCUT2D eigenvalue weighted by Gasteiger charge is 1.94. The van der Waals surface area contributed by atoms with Crippen molar-refractivity contribution < 1.29 is 4.74 Å². The van der Waals surface area contributed by atoms with Gasteiger partial charge in [-0.25, -0.2) is 0 Å². The van der Waals surface area contributed by atoms with Crippen LogP contribution in [-0.4, -0.2) is 13.3 Å². The lowest BCUT2D eigenvalue weighted by molar-refractivity contribution is 0.415. The summed E-state index contributed by atoms with van der Waals surface area (Å²) in [7, 11) is 1.64. The summed E-state index contributed by atoms with van der Waals surface area (Å²) in [5.41, 5.74) is 4.76. The van der Waals surface area contributed by atoms with Gasteiger partial charge < -0.3 is 4.74 Å². The van der Waals surface area contributed by atoms with Crippen LogP contribution in [-0.2, 0) is 0 Å². The van der Waals surface area contributed by atoms with E-state index >= 15 is 0 Å². The Kier molecular flexibility index (Phi) is 5.21. The van der Waals surface area contributed by atoms with Gasteiger partial charge in [0.2, 0.25) is 0 Å². The smallest absolute Gasteiger partial charge is 0.119 e. The molecule has 0 aromatic heterocycles. The number of hydrogen-bond donors (Lipinski definition) is 1. The first-order chi connectivity index (χ1) is 9.79. The third-order valence-electron chi connectivity index (χ3n) is 2.63. The highest BCUT2D eigenvalue weighted by molar-refractivity contribution is 6.49. The molecule has 2 aromatic carbocycles. The lowest BCUT2D eigenvalue weighted by Crippen LogP contribution is -1.89. The van der Waals surface area contributed by atoms with Gasteiger partial charge in [0, 0.05) is 11.2 Å². The summed E-state index contributed by atoms with van der Waals surface area (Å²) in [5, 5.41) is 4.73. The molecule has 0 heterocycles. The number of nitrogens with one attached hydrogen (secondary N) is 1. The minimum atomic E-state index is 0.644. The van der Waals surface area contributed by atoms with Gasteiger partial charge in [0.15, 0.2) is 0 Å². The maximum Gasteiger partial charge on any atom is 0.119 e. The van der Waals surface area contributed by atoms with Crippen molar-refractivity contribution in [3.63, 3.8) is 0 Å². The highest BCUT2D eigenvalue weighted by Crippen LogP contribution is 2.17. The molecule has 0 aliphatic carbocycles. The first kappa shape index (κ1) is 14.2. The van der Waals surface area contributed by atoms with Crippen molar-refractivity contribution in [3.05, 3.63) is 66.2 Å². The summed E-state index contributed by atoms with van der Waals surface area (Å²) in [6.07, 6.45) is 3.37. The maximum atomic E-state index is 6.15. The van der Waals surface area contributed by atoms with Crippen LogP contribution in [0.3, 0.4) is 0 Å². The Balaban J connectivity index is 1.93. The molecule has 0 atom stereocenters. The van der Waals surface area contributed by atoms with Gasteiger partial charge in [-0.2, -0.15) is 5.10 Å². The quantitative estimate of drug-likeness (QED) is 0.654. The molecule has 0 saturated heterocycles. The molecule has 102 valence electrons. The molecule has 2 rings (SSSR count). The number of allylic oxidation sites excluding steroid dienone is 1. The van der Waals surface area contributed by atoms with E-state index in [2.05, 4.69) is 10.5 Å². The van der Waals surface area contributed by atoms with E-state index in [1.165, 1.54) is 0 Å². The SMILES string of the molecule is COc1ccc(NN=CC=C(Cl)c2ccccc2)cc1. The number of benzene rings is 2. The van der Waals surface area contributed by atoms with Gasteiger partial charge >= 0.3 is 0 Å². The fourth-order valence-corrected chi connectivity index (χ4v) is 1.76. The Morgan fingerprint density at radius 2 is 1.80 bits per heavy atom. The Labute approximate surface area is 123 Å². The van der Waals surface area contributed by atoms with Gasteiger partial charge in [-0.1, -0.05) is 41.9 Å². The molecule has 0 bridgehead atoms. The molecular weight excluding hydrogens is 272 g/mol. The summed E-state index contributed by atoms with van der Waals surface area (Å²) in [5.74, 6) is 0.812. The number of ether oxygens (including phenoxy) is 1. The Morgan fingerprint density at radius 1 is 1.10 bits per heavy atom. The van der Waals surface area contributed by atoms with E-state index in [4.69, 9.17) is 16.3 Å². The summed E-state index contributed by atoms with van der Waals surface area (Å²) in [6.45, 7) is 0. The van der Waals surface area contributed by atoms with E-state index in [1.54, 1.807) is 19.4 Å². The molecule has 1 N–H and O–H groups in total. The molecule has 0 fully saturated rings. The predicted octanol–water partition coefficient (Wildman–Crippen LogP) is 4.37. The maximum absolute atomic E-state index is 6.15. The number of halogens is 1. The summed E-state index contributed by atoms with van der Waals surface area (Å²) in [4.78, 5) is 0. The average Bonchev–Trinajstić information content (AvgIpc) is 2.53. The number of methoxy groups -OCH3 is 1. The lowest BCUT2D eigenvalue weighted by atomic mass is 10.2. The van der Waals surface area contributed by atoms with Crippen LogP contribution in [0.25, 0.3) is 5.03 Å². The largest absolute Gasteiger partial charge is 0.497 e. The third kappa shape index (κ3) is 4.14. The van der Waals surface area contributed by atoms with Crippen LogP contribution in [0.1, 0.15) is 5.56 Å². The minimum Gasteiger partial charge on any atom is -0.497 e. The standard InChI is InChI=1S/C16H15ClN2O/c1-20-15-9-7-14(8-10-15)19-18-12-11-16(17)13-5-3-2-4-6-13/h2-12,19H,1H3. The Bertz CT molecular complexity index is 592. The van der Waals surface area contributed by atoms with E-state index in [9.17, 15) is 0 Å². The van der Waals surface area contributed by atoms with E-state index in [0.717, 1.165) is 17.0 Å². The Morgan fingerprint density at radius 3 is 2.45 bits per heavy atom. The molecule has 0 aliphatic heterocycles. The number of hydrogen-bond acceptors (Lipinski definition) is 3. The van der Waals surface area contributed by atoms with Crippen LogP contribution in [0, 0.1) is 0 Å². The third-order valence-corrected chi connectivity index (χ3v) is 2.97. The minimum absolute atomic E-state index is 0.644. The zero-order valence-electron chi connectivity index (χ0n) is 11.1. The normalized spacial score (nSPS) is 11.6. The first-order valence-corrected chi connectivity index (χ1v) is 6.52. The van der Waals surface area contributed by atoms with Gasteiger partial charge in [0.25, 0.3) is 0 Å².